The van der Waals surface area contributed by atoms with Gasteiger partial charge in [0.2, 0.25) is 0 Å². The Bertz CT molecular complexity index is 441. The van der Waals surface area contributed by atoms with Crippen LogP contribution in [0, 0.1) is 5.92 Å². The molecule has 1 fully saturated rings. The lowest BCUT2D eigenvalue weighted by atomic mass is 9.89. The molecule has 0 spiro atoms. The van der Waals surface area contributed by atoms with Crippen LogP contribution in [-0.2, 0) is 6.42 Å². The molecule has 2 N–H and O–H groups in total. The minimum atomic E-state index is 0.257. The van der Waals surface area contributed by atoms with Gasteiger partial charge in [-0.25, -0.2) is 0 Å². The van der Waals surface area contributed by atoms with Crippen LogP contribution in [0.4, 0.5) is 5.69 Å². The smallest absolute Gasteiger partial charge is 0.0408 e. The molecule has 0 amide bonds. The van der Waals surface area contributed by atoms with Crippen molar-refractivity contribution >= 4 is 21.6 Å². The first-order chi connectivity index (χ1) is 10.1. The highest BCUT2D eigenvalue weighted by Crippen LogP contribution is 2.29. The van der Waals surface area contributed by atoms with Crippen LogP contribution in [0.1, 0.15) is 51.0 Å². The van der Waals surface area contributed by atoms with Crippen molar-refractivity contribution in [2.75, 3.05) is 18.5 Å². The van der Waals surface area contributed by atoms with Crippen molar-refractivity contribution in [3.8, 4) is 0 Å². The van der Waals surface area contributed by atoms with Gasteiger partial charge in [-0.1, -0.05) is 48.2 Å². The van der Waals surface area contributed by atoms with Crippen LogP contribution in [0.5, 0.6) is 0 Å². The molecular formula is C18H29BrN2. The molecule has 1 atom stereocenters. The fourth-order valence-corrected chi connectivity index (χ4v) is 3.70. The molecule has 2 nitrogen and oxygen atoms in total. The fourth-order valence-electron chi connectivity index (χ4n) is 3.35. The summed E-state index contributed by atoms with van der Waals surface area (Å²) in [5.74, 6) is 0.857. The first-order valence-electron chi connectivity index (χ1n) is 8.35. The number of anilines is 1. The Morgan fingerprint density at radius 1 is 1.29 bits per heavy atom. The van der Waals surface area contributed by atoms with Crippen molar-refractivity contribution < 1.29 is 0 Å². The maximum Gasteiger partial charge on any atom is 0.0408 e. The maximum absolute atomic E-state index is 6.17. The van der Waals surface area contributed by atoms with Crippen LogP contribution in [0.2, 0.25) is 0 Å². The summed E-state index contributed by atoms with van der Waals surface area (Å²) in [5, 5.41) is 0. The van der Waals surface area contributed by atoms with Gasteiger partial charge < -0.3 is 10.6 Å². The van der Waals surface area contributed by atoms with Crippen LogP contribution < -0.4 is 10.6 Å². The predicted molar refractivity (Wildman–Crippen MR) is 96.0 cm³/mol. The topological polar surface area (TPSA) is 29.3 Å². The molecule has 0 aromatic heterocycles. The fraction of sp³-hybridized carbons (Fsp3) is 0.667. The second-order valence-electron chi connectivity index (χ2n) is 6.53. The van der Waals surface area contributed by atoms with E-state index in [1.54, 1.807) is 0 Å². The van der Waals surface area contributed by atoms with E-state index in [0.29, 0.717) is 0 Å². The largest absolute Gasteiger partial charge is 0.374 e. The third kappa shape index (κ3) is 5.00. The Hall–Kier alpha value is -0.540. The molecule has 1 aromatic carbocycles. The third-order valence-electron chi connectivity index (χ3n) is 4.72. The summed E-state index contributed by atoms with van der Waals surface area (Å²) in [6.45, 7) is 3.33. The molecule has 118 valence electrons. The molecule has 1 saturated carbocycles. The van der Waals surface area contributed by atoms with Crippen molar-refractivity contribution in [1.29, 1.82) is 0 Å². The van der Waals surface area contributed by atoms with Crippen molar-refractivity contribution in [2.45, 2.75) is 57.9 Å². The quantitative estimate of drug-likeness (QED) is 0.800. The standard InChI is InChI=1S/C18H29BrN2/c1-3-17(20)11-15-9-10-16(19)12-18(15)21(2)13-14-7-5-4-6-8-14/h9-10,12,14,17H,3-8,11,13,20H2,1-2H3. The van der Waals surface area contributed by atoms with Crippen LogP contribution >= 0.6 is 15.9 Å². The summed E-state index contributed by atoms with van der Waals surface area (Å²) in [7, 11) is 2.23. The SMILES string of the molecule is CCC(N)Cc1ccc(Br)cc1N(C)CC1CCCCC1. The van der Waals surface area contributed by atoms with Crippen LogP contribution in [0.25, 0.3) is 0 Å². The zero-order valence-electron chi connectivity index (χ0n) is 13.4. The normalized spacial score (nSPS) is 17.7. The Labute approximate surface area is 138 Å². The molecule has 0 heterocycles. The minimum absolute atomic E-state index is 0.257. The molecule has 1 unspecified atom stereocenters. The van der Waals surface area contributed by atoms with Gasteiger partial charge in [-0.2, -0.15) is 0 Å². The second kappa shape index (κ2) is 8.19. The first kappa shape index (κ1) is 16.8. The molecule has 1 aromatic rings. The Balaban J connectivity index is 2.09. The van der Waals surface area contributed by atoms with E-state index in [-0.39, 0.29) is 6.04 Å². The zero-order chi connectivity index (χ0) is 15.2. The lowest BCUT2D eigenvalue weighted by Crippen LogP contribution is -2.29. The number of hydrogen-bond donors (Lipinski definition) is 1. The average molecular weight is 353 g/mol. The first-order valence-corrected chi connectivity index (χ1v) is 9.14. The molecule has 0 aliphatic heterocycles. The summed E-state index contributed by atoms with van der Waals surface area (Å²) in [4.78, 5) is 2.44. The van der Waals surface area contributed by atoms with Crippen LogP contribution in [-0.4, -0.2) is 19.6 Å². The second-order valence-corrected chi connectivity index (χ2v) is 7.45. The van der Waals surface area contributed by atoms with Gasteiger partial charge in [-0.3, -0.25) is 0 Å². The number of hydrogen-bond acceptors (Lipinski definition) is 2. The number of halogens is 1. The van der Waals surface area contributed by atoms with Gasteiger partial charge in [0.1, 0.15) is 0 Å². The van der Waals surface area contributed by atoms with E-state index in [9.17, 15) is 0 Å². The number of nitrogens with two attached hydrogens (primary N) is 1. The molecule has 2 rings (SSSR count). The van der Waals surface area contributed by atoms with Crippen molar-refractivity contribution in [2.24, 2.45) is 11.7 Å². The van der Waals surface area contributed by atoms with E-state index in [0.717, 1.165) is 23.2 Å². The summed E-state index contributed by atoms with van der Waals surface area (Å²) in [5.41, 5.74) is 8.89. The predicted octanol–water partition coefficient (Wildman–Crippen LogP) is 4.75. The van der Waals surface area contributed by atoms with Gasteiger partial charge in [0.15, 0.2) is 0 Å². The Kier molecular flexibility index (Phi) is 6.56. The van der Waals surface area contributed by atoms with Crippen molar-refractivity contribution in [3.05, 3.63) is 28.2 Å². The molecule has 0 bridgehead atoms. The maximum atomic E-state index is 6.17. The van der Waals surface area contributed by atoms with Gasteiger partial charge in [-0.05, 0) is 49.3 Å². The summed E-state index contributed by atoms with van der Waals surface area (Å²) >= 11 is 3.62. The molecule has 0 saturated heterocycles. The van der Waals surface area contributed by atoms with Gasteiger partial charge in [0, 0.05) is 29.8 Å². The third-order valence-corrected chi connectivity index (χ3v) is 5.22. The van der Waals surface area contributed by atoms with Gasteiger partial charge >= 0.3 is 0 Å². The number of benzene rings is 1. The van der Waals surface area contributed by atoms with Crippen LogP contribution in [0.3, 0.4) is 0 Å². The van der Waals surface area contributed by atoms with Crippen molar-refractivity contribution in [1.82, 2.24) is 0 Å². The van der Waals surface area contributed by atoms with Crippen LogP contribution in [0.15, 0.2) is 22.7 Å². The summed E-state index contributed by atoms with van der Waals surface area (Å²) < 4.78 is 1.15. The minimum Gasteiger partial charge on any atom is -0.374 e. The highest BCUT2D eigenvalue weighted by molar-refractivity contribution is 9.10. The summed E-state index contributed by atoms with van der Waals surface area (Å²) in [6, 6.07) is 6.87. The molecule has 21 heavy (non-hydrogen) atoms. The lowest BCUT2D eigenvalue weighted by molar-refractivity contribution is 0.362. The highest BCUT2D eigenvalue weighted by atomic mass is 79.9. The van der Waals surface area contributed by atoms with E-state index in [1.807, 2.05) is 0 Å². The Morgan fingerprint density at radius 2 is 2.00 bits per heavy atom. The zero-order valence-corrected chi connectivity index (χ0v) is 15.0. The number of nitrogens with zero attached hydrogens (tertiary/aromatic N) is 1. The van der Waals surface area contributed by atoms with Gasteiger partial charge in [0.25, 0.3) is 0 Å². The molecule has 0 radical (unpaired) electrons. The van der Waals surface area contributed by atoms with E-state index in [2.05, 4.69) is 53.0 Å². The van der Waals surface area contributed by atoms with E-state index >= 15 is 0 Å². The summed E-state index contributed by atoms with van der Waals surface area (Å²) in [6.07, 6.45) is 9.02. The van der Waals surface area contributed by atoms with E-state index in [1.165, 1.54) is 49.9 Å². The molecule has 1 aliphatic rings. The van der Waals surface area contributed by atoms with Crippen molar-refractivity contribution in [3.63, 3.8) is 0 Å². The average Bonchev–Trinajstić information content (AvgIpc) is 2.49. The molecular weight excluding hydrogens is 324 g/mol. The van der Waals surface area contributed by atoms with E-state index < -0.39 is 0 Å². The Morgan fingerprint density at radius 3 is 2.67 bits per heavy atom. The molecule has 1 aliphatic carbocycles. The monoisotopic (exact) mass is 352 g/mol. The van der Waals surface area contributed by atoms with Gasteiger partial charge in [-0.15, -0.1) is 0 Å². The number of rotatable bonds is 6. The highest BCUT2D eigenvalue weighted by Gasteiger charge is 2.18. The lowest BCUT2D eigenvalue weighted by Gasteiger charge is -2.30. The van der Waals surface area contributed by atoms with Gasteiger partial charge in [0.05, 0.1) is 0 Å². The van der Waals surface area contributed by atoms with E-state index in [4.69, 9.17) is 5.73 Å². The molecule has 3 heteroatoms.